The summed E-state index contributed by atoms with van der Waals surface area (Å²) in [4.78, 5) is 24.5. The number of benzene rings is 1. The zero-order valence-corrected chi connectivity index (χ0v) is 12.6. The van der Waals surface area contributed by atoms with Crippen LogP contribution >= 0.6 is 11.8 Å². The van der Waals surface area contributed by atoms with E-state index in [9.17, 15) is 14.8 Å². The number of rotatable bonds is 5. The van der Waals surface area contributed by atoms with Crippen LogP contribution in [-0.2, 0) is 9.53 Å². The number of ether oxygens (including phenoxy) is 1. The molecule has 6 nitrogen and oxygen atoms in total. The van der Waals surface area contributed by atoms with Crippen molar-refractivity contribution < 1.29 is 19.1 Å². The van der Waals surface area contributed by atoms with Gasteiger partial charge in [0.2, 0.25) is 0 Å². The fourth-order valence-electron chi connectivity index (χ4n) is 1.66. The lowest BCUT2D eigenvalue weighted by atomic mass is 10.3. The SMILES string of the molecule is CSc1cccc(NC(=O)COC(=O)c2cc[n+]([O-])cc2)c1. The highest BCUT2D eigenvalue weighted by molar-refractivity contribution is 7.98. The van der Waals surface area contributed by atoms with Crippen molar-refractivity contribution in [1.29, 1.82) is 0 Å². The third kappa shape index (κ3) is 4.49. The number of hydrogen-bond donors (Lipinski definition) is 1. The van der Waals surface area contributed by atoms with E-state index < -0.39 is 18.5 Å². The molecule has 114 valence electrons. The maximum absolute atomic E-state index is 11.8. The largest absolute Gasteiger partial charge is 0.619 e. The number of hydrogen-bond acceptors (Lipinski definition) is 5. The highest BCUT2D eigenvalue weighted by Gasteiger charge is 2.11. The molecule has 2 aromatic rings. The quantitative estimate of drug-likeness (QED) is 0.394. The van der Waals surface area contributed by atoms with Gasteiger partial charge in [-0.15, -0.1) is 11.8 Å². The first-order valence-corrected chi connectivity index (χ1v) is 7.61. The predicted octanol–water partition coefficient (Wildman–Crippen LogP) is 1.84. The van der Waals surface area contributed by atoms with Crippen LogP contribution in [0.4, 0.5) is 5.69 Å². The summed E-state index contributed by atoms with van der Waals surface area (Å²) < 4.78 is 5.45. The van der Waals surface area contributed by atoms with Crippen molar-refractivity contribution in [1.82, 2.24) is 0 Å². The van der Waals surface area contributed by atoms with Gasteiger partial charge in [-0.2, -0.15) is 4.73 Å². The molecule has 0 fully saturated rings. The maximum atomic E-state index is 11.8. The summed E-state index contributed by atoms with van der Waals surface area (Å²) in [5.41, 5.74) is 0.851. The summed E-state index contributed by atoms with van der Waals surface area (Å²) in [7, 11) is 0. The van der Waals surface area contributed by atoms with Crippen molar-refractivity contribution in [3.05, 3.63) is 59.6 Å². The van der Waals surface area contributed by atoms with Crippen molar-refractivity contribution in [2.75, 3.05) is 18.2 Å². The molecule has 1 amide bonds. The number of thioether (sulfide) groups is 1. The lowest BCUT2D eigenvalue weighted by Crippen LogP contribution is -2.25. The van der Waals surface area contributed by atoms with Gasteiger partial charge in [0.05, 0.1) is 5.56 Å². The van der Waals surface area contributed by atoms with Gasteiger partial charge in [0.1, 0.15) is 0 Å². The van der Waals surface area contributed by atoms with Crippen molar-refractivity contribution in [2.45, 2.75) is 4.90 Å². The molecule has 0 atom stereocenters. The Morgan fingerprint density at radius 2 is 2.00 bits per heavy atom. The molecular formula is C15H14N2O4S. The minimum absolute atomic E-state index is 0.212. The van der Waals surface area contributed by atoms with Gasteiger partial charge in [0, 0.05) is 22.7 Å². The monoisotopic (exact) mass is 318 g/mol. The van der Waals surface area contributed by atoms with E-state index in [0.29, 0.717) is 10.4 Å². The number of carbonyl (C=O) groups is 2. The van der Waals surface area contributed by atoms with Gasteiger partial charge < -0.3 is 15.3 Å². The fraction of sp³-hybridized carbons (Fsp3) is 0.133. The second kappa shape index (κ2) is 7.46. The van der Waals surface area contributed by atoms with Crippen LogP contribution < -0.4 is 10.0 Å². The molecule has 0 saturated heterocycles. The van der Waals surface area contributed by atoms with E-state index in [1.54, 1.807) is 17.8 Å². The predicted molar refractivity (Wildman–Crippen MR) is 82.5 cm³/mol. The van der Waals surface area contributed by atoms with Crippen molar-refractivity contribution in [3.8, 4) is 0 Å². The molecule has 0 unspecified atom stereocenters. The van der Waals surface area contributed by atoms with E-state index in [4.69, 9.17) is 4.74 Å². The Morgan fingerprint density at radius 3 is 2.68 bits per heavy atom. The van der Waals surface area contributed by atoms with Gasteiger partial charge in [0.25, 0.3) is 5.91 Å². The normalized spacial score (nSPS) is 10.0. The number of amides is 1. The first-order valence-electron chi connectivity index (χ1n) is 6.38. The average molecular weight is 318 g/mol. The lowest BCUT2D eigenvalue weighted by molar-refractivity contribution is -0.605. The van der Waals surface area contributed by atoms with Gasteiger partial charge in [-0.3, -0.25) is 4.79 Å². The third-order valence-corrected chi connectivity index (χ3v) is 3.45. The van der Waals surface area contributed by atoms with Crippen molar-refractivity contribution in [2.24, 2.45) is 0 Å². The van der Waals surface area contributed by atoms with Crippen LogP contribution in [0.1, 0.15) is 10.4 Å². The molecule has 1 aromatic heterocycles. The summed E-state index contributed by atoms with van der Waals surface area (Å²) in [5.74, 6) is -1.09. The van der Waals surface area contributed by atoms with Crippen molar-refractivity contribution in [3.63, 3.8) is 0 Å². The Hall–Kier alpha value is -2.54. The summed E-state index contributed by atoms with van der Waals surface area (Å²) in [5, 5.41) is 13.5. The molecule has 22 heavy (non-hydrogen) atoms. The van der Waals surface area contributed by atoms with Crippen LogP contribution in [0, 0.1) is 5.21 Å². The van der Waals surface area contributed by atoms with Crippen LogP contribution in [0.25, 0.3) is 0 Å². The summed E-state index contributed by atoms with van der Waals surface area (Å²) >= 11 is 1.56. The van der Waals surface area contributed by atoms with E-state index in [1.165, 1.54) is 24.5 Å². The Morgan fingerprint density at radius 1 is 1.27 bits per heavy atom. The smallest absolute Gasteiger partial charge is 0.339 e. The Kier molecular flexibility index (Phi) is 5.37. The second-order valence-corrected chi connectivity index (χ2v) is 5.18. The molecule has 7 heteroatoms. The van der Waals surface area contributed by atoms with Gasteiger partial charge in [-0.25, -0.2) is 4.79 Å². The number of pyridine rings is 1. The van der Waals surface area contributed by atoms with Crippen LogP contribution in [0.3, 0.4) is 0 Å². The Balaban J connectivity index is 1.87. The number of anilines is 1. The molecule has 0 bridgehead atoms. The topological polar surface area (TPSA) is 82.3 Å². The second-order valence-electron chi connectivity index (χ2n) is 4.30. The molecule has 2 rings (SSSR count). The number of nitrogens with one attached hydrogen (secondary N) is 1. The summed E-state index contributed by atoms with van der Waals surface area (Å²) in [6.45, 7) is -0.394. The van der Waals surface area contributed by atoms with Gasteiger partial charge in [0.15, 0.2) is 19.0 Å². The van der Waals surface area contributed by atoms with Crippen LogP contribution in [0.5, 0.6) is 0 Å². The van der Waals surface area contributed by atoms with Crippen molar-refractivity contribution >= 4 is 29.3 Å². The molecular weight excluding hydrogens is 304 g/mol. The van der Waals surface area contributed by atoms with Crippen LogP contribution in [0.15, 0.2) is 53.7 Å². The summed E-state index contributed by atoms with van der Waals surface area (Å²) in [6, 6.07) is 10.00. The Labute approximate surface area is 131 Å². The first-order chi connectivity index (χ1) is 10.6. The van der Waals surface area contributed by atoms with E-state index in [-0.39, 0.29) is 5.56 Å². The molecule has 0 saturated carbocycles. The van der Waals surface area contributed by atoms with Crippen LogP contribution in [0.2, 0.25) is 0 Å². The fourth-order valence-corrected chi connectivity index (χ4v) is 2.12. The molecule has 1 aromatic carbocycles. The lowest BCUT2D eigenvalue weighted by Gasteiger charge is -2.07. The van der Waals surface area contributed by atoms with Gasteiger partial charge >= 0.3 is 5.97 Å². The van der Waals surface area contributed by atoms with Gasteiger partial charge in [-0.1, -0.05) is 6.07 Å². The van der Waals surface area contributed by atoms with Gasteiger partial charge in [-0.05, 0) is 24.5 Å². The molecule has 0 aliphatic rings. The molecule has 0 aliphatic heterocycles. The molecule has 0 aliphatic carbocycles. The van der Waals surface area contributed by atoms with E-state index in [0.717, 1.165) is 4.90 Å². The highest BCUT2D eigenvalue weighted by Crippen LogP contribution is 2.18. The first kappa shape index (κ1) is 15.8. The maximum Gasteiger partial charge on any atom is 0.339 e. The Bertz CT molecular complexity index is 673. The van der Waals surface area contributed by atoms with E-state index in [1.807, 2.05) is 24.5 Å². The average Bonchev–Trinajstić information content (AvgIpc) is 2.53. The number of esters is 1. The zero-order chi connectivity index (χ0) is 15.9. The zero-order valence-electron chi connectivity index (χ0n) is 11.8. The molecule has 0 spiro atoms. The number of aromatic nitrogens is 1. The van der Waals surface area contributed by atoms with E-state index in [2.05, 4.69) is 5.32 Å². The number of carbonyl (C=O) groups excluding carboxylic acids is 2. The number of nitrogens with zero attached hydrogens (tertiary/aromatic N) is 1. The van der Waals surface area contributed by atoms with Crippen LogP contribution in [-0.4, -0.2) is 24.7 Å². The third-order valence-electron chi connectivity index (χ3n) is 2.73. The standard InChI is InChI=1S/C15H14N2O4S/c1-22-13-4-2-3-12(9-13)16-14(18)10-21-15(19)11-5-7-17(20)8-6-11/h2-9H,10H2,1H3,(H,16,18). The molecule has 1 heterocycles. The molecule has 0 radical (unpaired) electrons. The highest BCUT2D eigenvalue weighted by atomic mass is 32.2. The molecule has 1 N–H and O–H groups in total. The minimum atomic E-state index is -0.659. The van der Waals surface area contributed by atoms with E-state index >= 15 is 0 Å². The summed E-state index contributed by atoms with van der Waals surface area (Å²) in [6.07, 6.45) is 4.31. The minimum Gasteiger partial charge on any atom is -0.619 e.